The highest BCUT2D eigenvalue weighted by atomic mass is 32.2. The first-order valence-electron chi connectivity index (χ1n) is 6.56. The lowest BCUT2D eigenvalue weighted by Gasteiger charge is -2.07. The molecule has 2 rings (SSSR count). The van der Waals surface area contributed by atoms with Crippen LogP contribution in [-0.4, -0.2) is 15.0 Å². The average molecular weight is 308 g/mol. The van der Waals surface area contributed by atoms with Crippen molar-refractivity contribution in [2.75, 3.05) is 11.9 Å². The lowest BCUT2D eigenvalue weighted by molar-refractivity contribution is 0.598. The van der Waals surface area contributed by atoms with Gasteiger partial charge in [-0.25, -0.2) is 17.9 Å². The van der Waals surface area contributed by atoms with Crippen LogP contribution in [0.3, 0.4) is 0 Å². The summed E-state index contributed by atoms with van der Waals surface area (Å²) < 4.78 is 35.0. The normalized spacial score (nSPS) is 11.3. The zero-order chi connectivity index (χ0) is 15.3. The van der Waals surface area contributed by atoms with Crippen molar-refractivity contribution in [1.29, 1.82) is 0 Å². The van der Waals surface area contributed by atoms with E-state index in [-0.39, 0.29) is 10.7 Å². The SMILES string of the molecule is NS(=O)(=O)c1ccc(NCCCc2ccc(F)cc2)cc1. The maximum absolute atomic E-state index is 12.7. The third kappa shape index (κ3) is 4.84. The highest BCUT2D eigenvalue weighted by molar-refractivity contribution is 7.89. The predicted molar refractivity (Wildman–Crippen MR) is 81.0 cm³/mol. The number of anilines is 1. The smallest absolute Gasteiger partial charge is 0.238 e. The summed E-state index contributed by atoms with van der Waals surface area (Å²) in [7, 11) is -3.64. The summed E-state index contributed by atoms with van der Waals surface area (Å²) in [6, 6.07) is 12.8. The minimum absolute atomic E-state index is 0.0966. The molecule has 0 aromatic heterocycles. The molecular weight excluding hydrogens is 291 g/mol. The number of nitrogens with one attached hydrogen (secondary N) is 1. The fraction of sp³-hybridized carbons (Fsp3) is 0.200. The lowest BCUT2D eigenvalue weighted by atomic mass is 10.1. The van der Waals surface area contributed by atoms with Crippen molar-refractivity contribution >= 4 is 15.7 Å². The zero-order valence-corrected chi connectivity index (χ0v) is 12.2. The molecule has 3 N–H and O–H groups in total. The van der Waals surface area contributed by atoms with Crippen LogP contribution in [0.1, 0.15) is 12.0 Å². The highest BCUT2D eigenvalue weighted by Crippen LogP contribution is 2.13. The Morgan fingerprint density at radius 2 is 1.62 bits per heavy atom. The van der Waals surface area contributed by atoms with Gasteiger partial charge in [0.25, 0.3) is 0 Å². The van der Waals surface area contributed by atoms with Crippen molar-refractivity contribution in [3.05, 3.63) is 59.9 Å². The Morgan fingerprint density at radius 1 is 1.00 bits per heavy atom. The summed E-state index contributed by atoms with van der Waals surface area (Å²) in [5, 5.41) is 8.22. The van der Waals surface area contributed by atoms with E-state index in [1.165, 1.54) is 24.3 Å². The Morgan fingerprint density at radius 3 is 2.19 bits per heavy atom. The first kappa shape index (κ1) is 15.5. The molecule has 0 saturated heterocycles. The number of sulfonamides is 1. The second kappa shape index (κ2) is 6.69. The number of hydrogen-bond donors (Lipinski definition) is 2. The van der Waals surface area contributed by atoms with Crippen LogP contribution in [0.4, 0.5) is 10.1 Å². The van der Waals surface area contributed by atoms with E-state index in [4.69, 9.17) is 5.14 Å². The molecule has 0 spiro atoms. The summed E-state index contributed by atoms with van der Waals surface area (Å²) in [4.78, 5) is 0.0966. The van der Waals surface area contributed by atoms with Crippen molar-refractivity contribution in [3.63, 3.8) is 0 Å². The standard InChI is InChI=1S/C15H17FN2O2S/c16-13-5-3-12(4-6-13)2-1-11-18-14-7-9-15(10-8-14)21(17,19)20/h3-10,18H,1-2,11H2,(H2,17,19,20). The molecule has 0 heterocycles. The number of benzene rings is 2. The van der Waals surface area contributed by atoms with Crippen molar-refractivity contribution in [2.45, 2.75) is 17.7 Å². The largest absolute Gasteiger partial charge is 0.385 e. The molecule has 0 radical (unpaired) electrons. The number of aryl methyl sites for hydroxylation is 1. The molecule has 0 bridgehead atoms. The number of primary sulfonamides is 1. The lowest BCUT2D eigenvalue weighted by Crippen LogP contribution is -2.12. The van der Waals surface area contributed by atoms with Gasteiger partial charge < -0.3 is 5.32 Å². The van der Waals surface area contributed by atoms with E-state index in [0.29, 0.717) is 0 Å². The molecule has 2 aromatic rings. The minimum Gasteiger partial charge on any atom is -0.385 e. The van der Waals surface area contributed by atoms with Gasteiger partial charge in [0.2, 0.25) is 10.0 Å². The molecule has 0 atom stereocenters. The van der Waals surface area contributed by atoms with Gasteiger partial charge in [0.15, 0.2) is 0 Å². The fourth-order valence-electron chi connectivity index (χ4n) is 1.94. The van der Waals surface area contributed by atoms with E-state index in [1.54, 1.807) is 24.3 Å². The van der Waals surface area contributed by atoms with Gasteiger partial charge in [0.05, 0.1) is 4.90 Å². The summed E-state index contributed by atoms with van der Waals surface area (Å²) in [6.07, 6.45) is 1.74. The van der Waals surface area contributed by atoms with Crippen molar-refractivity contribution in [2.24, 2.45) is 5.14 Å². The summed E-state index contributed by atoms with van der Waals surface area (Å²) in [5.41, 5.74) is 1.92. The number of nitrogens with two attached hydrogens (primary N) is 1. The Kier molecular flexibility index (Phi) is 4.93. The molecule has 0 unspecified atom stereocenters. The van der Waals surface area contributed by atoms with Crippen LogP contribution in [-0.2, 0) is 16.4 Å². The molecule has 0 saturated carbocycles. The van der Waals surface area contributed by atoms with Crippen LogP contribution in [0.25, 0.3) is 0 Å². The van der Waals surface area contributed by atoms with E-state index in [1.807, 2.05) is 0 Å². The monoisotopic (exact) mass is 308 g/mol. The minimum atomic E-state index is -3.64. The fourth-order valence-corrected chi connectivity index (χ4v) is 2.45. The molecule has 21 heavy (non-hydrogen) atoms. The predicted octanol–water partition coefficient (Wildman–Crippen LogP) is 2.52. The zero-order valence-electron chi connectivity index (χ0n) is 11.4. The van der Waals surface area contributed by atoms with Gasteiger partial charge in [-0.15, -0.1) is 0 Å². The van der Waals surface area contributed by atoms with Gasteiger partial charge in [0, 0.05) is 12.2 Å². The molecule has 0 amide bonds. The van der Waals surface area contributed by atoms with E-state index in [9.17, 15) is 12.8 Å². The first-order chi connectivity index (χ1) is 9.95. The van der Waals surface area contributed by atoms with Gasteiger partial charge >= 0.3 is 0 Å². The molecular formula is C15H17FN2O2S. The van der Waals surface area contributed by atoms with Gasteiger partial charge in [-0.2, -0.15) is 0 Å². The van der Waals surface area contributed by atoms with Gasteiger partial charge in [-0.1, -0.05) is 12.1 Å². The Bertz CT molecular complexity index is 683. The van der Waals surface area contributed by atoms with Gasteiger partial charge in [0.1, 0.15) is 5.82 Å². The maximum atomic E-state index is 12.7. The molecule has 0 aliphatic heterocycles. The molecule has 2 aromatic carbocycles. The Labute approximate surface area is 123 Å². The van der Waals surface area contributed by atoms with Crippen LogP contribution >= 0.6 is 0 Å². The Hall–Kier alpha value is -1.92. The van der Waals surface area contributed by atoms with E-state index >= 15 is 0 Å². The third-order valence-electron chi connectivity index (χ3n) is 3.07. The third-order valence-corrected chi connectivity index (χ3v) is 4.00. The van der Waals surface area contributed by atoms with Crippen molar-refractivity contribution in [1.82, 2.24) is 0 Å². The van der Waals surface area contributed by atoms with Gasteiger partial charge in [-0.05, 0) is 54.8 Å². The van der Waals surface area contributed by atoms with Crippen LogP contribution in [0, 0.1) is 5.82 Å². The van der Waals surface area contributed by atoms with Crippen LogP contribution in [0.5, 0.6) is 0 Å². The molecule has 6 heteroatoms. The topological polar surface area (TPSA) is 72.2 Å². The average Bonchev–Trinajstić information content (AvgIpc) is 2.45. The second-order valence-corrected chi connectivity index (χ2v) is 6.29. The summed E-state index contributed by atoms with van der Waals surface area (Å²) >= 11 is 0. The van der Waals surface area contributed by atoms with E-state index < -0.39 is 10.0 Å². The number of halogens is 1. The van der Waals surface area contributed by atoms with Crippen LogP contribution in [0.15, 0.2) is 53.4 Å². The van der Waals surface area contributed by atoms with E-state index in [2.05, 4.69) is 5.32 Å². The van der Waals surface area contributed by atoms with Crippen LogP contribution in [0.2, 0.25) is 0 Å². The van der Waals surface area contributed by atoms with E-state index in [0.717, 1.165) is 30.6 Å². The Balaban J connectivity index is 1.80. The molecule has 0 fully saturated rings. The van der Waals surface area contributed by atoms with Gasteiger partial charge in [-0.3, -0.25) is 0 Å². The highest BCUT2D eigenvalue weighted by Gasteiger charge is 2.06. The first-order valence-corrected chi connectivity index (χ1v) is 8.11. The molecule has 0 aliphatic carbocycles. The molecule has 4 nitrogen and oxygen atoms in total. The van der Waals surface area contributed by atoms with Crippen molar-refractivity contribution in [3.8, 4) is 0 Å². The quantitative estimate of drug-likeness (QED) is 0.805. The summed E-state index contributed by atoms with van der Waals surface area (Å²) in [6.45, 7) is 0.742. The second-order valence-electron chi connectivity index (χ2n) is 4.73. The number of hydrogen-bond acceptors (Lipinski definition) is 3. The van der Waals surface area contributed by atoms with Crippen molar-refractivity contribution < 1.29 is 12.8 Å². The maximum Gasteiger partial charge on any atom is 0.238 e. The van der Waals surface area contributed by atoms with Crippen LogP contribution < -0.4 is 10.5 Å². The molecule has 0 aliphatic rings. The molecule has 112 valence electrons. The summed E-state index contributed by atoms with van der Waals surface area (Å²) in [5.74, 6) is -0.230. The number of rotatable bonds is 6.